The molecule has 0 bridgehead atoms. The molecule has 0 spiro atoms. The number of carbonyl (C=O) groups is 1. The summed E-state index contributed by atoms with van der Waals surface area (Å²) in [5, 5.41) is 2.88. The molecule has 0 atom stereocenters. The molecule has 1 fully saturated rings. The van der Waals surface area contributed by atoms with Crippen molar-refractivity contribution in [3.63, 3.8) is 0 Å². The first-order chi connectivity index (χ1) is 11.7. The number of hydrogen-bond acceptors (Lipinski definition) is 4. The average molecular weight is 361 g/mol. The molecule has 0 aromatic heterocycles. The molecule has 1 amide bonds. The van der Waals surface area contributed by atoms with E-state index in [2.05, 4.69) is 19.2 Å². The molecular weight excluding hydrogens is 329 g/mol. The summed E-state index contributed by atoms with van der Waals surface area (Å²) in [6, 6.07) is 5.93. The monoisotopic (exact) mass is 361 g/mol. The standard InChI is InChI=1S/C20H32BNO4/c1-13(2)15-11-10-14(21-25-19(6,7)20(8,9)26-21)12-16(15)22-17(23)24-18(3,4)5/h10-13H,1-9H3,(H,22,23). The molecule has 144 valence electrons. The van der Waals surface area contributed by atoms with Gasteiger partial charge in [0.05, 0.1) is 11.2 Å². The van der Waals surface area contributed by atoms with Crippen molar-refractivity contribution in [2.75, 3.05) is 5.32 Å². The lowest BCUT2D eigenvalue weighted by atomic mass is 9.78. The van der Waals surface area contributed by atoms with Gasteiger partial charge < -0.3 is 14.0 Å². The highest BCUT2D eigenvalue weighted by atomic mass is 16.7. The van der Waals surface area contributed by atoms with Crippen LogP contribution in [-0.4, -0.2) is 30.0 Å². The second kappa shape index (κ2) is 6.89. The molecule has 1 aliphatic rings. The van der Waals surface area contributed by atoms with Crippen LogP contribution in [0.3, 0.4) is 0 Å². The molecule has 5 nitrogen and oxygen atoms in total. The van der Waals surface area contributed by atoms with E-state index in [9.17, 15) is 4.79 Å². The van der Waals surface area contributed by atoms with Crippen molar-refractivity contribution in [1.82, 2.24) is 0 Å². The fourth-order valence-electron chi connectivity index (χ4n) is 2.72. The Bertz CT molecular complexity index is 661. The van der Waals surface area contributed by atoms with Crippen LogP contribution in [0.2, 0.25) is 0 Å². The van der Waals surface area contributed by atoms with Crippen LogP contribution in [-0.2, 0) is 14.0 Å². The van der Waals surface area contributed by atoms with E-state index in [1.165, 1.54) is 0 Å². The topological polar surface area (TPSA) is 56.8 Å². The Labute approximate surface area is 157 Å². The molecular formula is C20H32BNO4. The van der Waals surface area contributed by atoms with Crippen LogP contribution in [0, 0.1) is 0 Å². The summed E-state index contributed by atoms with van der Waals surface area (Å²) in [7, 11) is -0.472. The number of amides is 1. The highest BCUT2D eigenvalue weighted by molar-refractivity contribution is 6.62. The third-order valence-electron chi connectivity index (χ3n) is 4.86. The van der Waals surface area contributed by atoms with Crippen molar-refractivity contribution in [2.45, 2.75) is 85.0 Å². The zero-order valence-corrected chi connectivity index (χ0v) is 17.5. The maximum absolute atomic E-state index is 12.2. The predicted octanol–water partition coefficient (Wildman–Crippen LogP) is 4.46. The van der Waals surface area contributed by atoms with Crippen LogP contribution in [0.5, 0.6) is 0 Å². The molecule has 6 heteroatoms. The van der Waals surface area contributed by atoms with Crippen molar-refractivity contribution < 1.29 is 18.8 Å². The predicted molar refractivity (Wildman–Crippen MR) is 106 cm³/mol. The molecule has 0 aliphatic carbocycles. The number of nitrogens with one attached hydrogen (secondary N) is 1. The number of benzene rings is 1. The van der Waals surface area contributed by atoms with E-state index in [0.717, 1.165) is 16.7 Å². The van der Waals surface area contributed by atoms with Crippen LogP contribution in [0.1, 0.15) is 73.8 Å². The van der Waals surface area contributed by atoms with Crippen LogP contribution in [0.15, 0.2) is 18.2 Å². The Hall–Kier alpha value is -1.53. The molecule has 1 aromatic carbocycles. The van der Waals surface area contributed by atoms with E-state index in [0.29, 0.717) is 0 Å². The minimum atomic E-state index is -0.550. The van der Waals surface area contributed by atoms with E-state index in [1.807, 2.05) is 66.7 Å². The third kappa shape index (κ3) is 4.60. The first-order valence-electron chi connectivity index (χ1n) is 9.21. The summed E-state index contributed by atoms with van der Waals surface area (Å²) >= 11 is 0. The second-order valence-electron chi connectivity index (χ2n) is 9.22. The lowest BCUT2D eigenvalue weighted by Gasteiger charge is -2.32. The van der Waals surface area contributed by atoms with Gasteiger partial charge in [-0.25, -0.2) is 4.79 Å². The Morgan fingerprint density at radius 3 is 2.12 bits per heavy atom. The summed E-state index contributed by atoms with van der Waals surface area (Å²) in [4.78, 5) is 12.2. The maximum atomic E-state index is 12.2. The smallest absolute Gasteiger partial charge is 0.444 e. The summed E-state index contributed by atoms with van der Waals surface area (Å²) in [5.74, 6) is 0.257. The van der Waals surface area contributed by atoms with Gasteiger partial charge in [0.1, 0.15) is 5.60 Å². The SMILES string of the molecule is CC(C)c1ccc(B2OC(C)(C)C(C)(C)O2)cc1NC(=O)OC(C)(C)C. The van der Waals surface area contributed by atoms with Gasteiger partial charge in [-0.1, -0.05) is 26.0 Å². The lowest BCUT2D eigenvalue weighted by molar-refractivity contribution is 0.00578. The molecule has 1 heterocycles. The van der Waals surface area contributed by atoms with Gasteiger partial charge in [0.15, 0.2) is 0 Å². The maximum Gasteiger partial charge on any atom is 0.494 e. The molecule has 26 heavy (non-hydrogen) atoms. The fourth-order valence-corrected chi connectivity index (χ4v) is 2.72. The van der Waals surface area contributed by atoms with Gasteiger partial charge in [0, 0.05) is 5.69 Å². The van der Waals surface area contributed by atoms with Crippen molar-refractivity contribution in [3.8, 4) is 0 Å². The largest absolute Gasteiger partial charge is 0.494 e. The van der Waals surface area contributed by atoms with E-state index in [4.69, 9.17) is 14.0 Å². The van der Waals surface area contributed by atoms with E-state index in [1.54, 1.807) is 0 Å². The van der Waals surface area contributed by atoms with Crippen LogP contribution in [0.4, 0.5) is 10.5 Å². The van der Waals surface area contributed by atoms with E-state index < -0.39 is 30.0 Å². The average Bonchev–Trinajstić information content (AvgIpc) is 2.64. The van der Waals surface area contributed by atoms with Crippen molar-refractivity contribution in [2.24, 2.45) is 0 Å². The minimum Gasteiger partial charge on any atom is -0.444 e. The van der Waals surface area contributed by atoms with Crippen molar-refractivity contribution in [1.29, 1.82) is 0 Å². The molecule has 1 aromatic rings. The van der Waals surface area contributed by atoms with Crippen molar-refractivity contribution >= 4 is 24.4 Å². The normalized spacial score (nSPS) is 18.9. The van der Waals surface area contributed by atoms with E-state index in [-0.39, 0.29) is 5.92 Å². The third-order valence-corrected chi connectivity index (χ3v) is 4.86. The zero-order valence-electron chi connectivity index (χ0n) is 17.5. The van der Waals surface area contributed by atoms with Crippen LogP contribution < -0.4 is 10.8 Å². The molecule has 0 unspecified atom stereocenters. The lowest BCUT2D eigenvalue weighted by Crippen LogP contribution is -2.41. The van der Waals surface area contributed by atoms with Crippen LogP contribution in [0.25, 0.3) is 0 Å². The molecule has 1 saturated heterocycles. The molecule has 2 rings (SSSR count). The van der Waals surface area contributed by atoms with Gasteiger partial charge in [-0.05, 0) is 71.5 Å². The Morgan fingerprint density at radius 2 is 1.65 bits per heavy atom. The quantitative estimate of drug-likeness (QED) is 0.808. The van der Waals surface area contributed by atoms with Gasteiger partial charge in [0.2, 0.25) is 0 Å². The molecule has 1 aliphatic heterocycles. The second-order valence-corrected chi connectivity index (χ2v) is 9.22. The Kier molecular flexibility index (Phi) is 5.51. The summed E-state index contributed by atoms with van der Waals surface area (Å²) in [5.41, 5.74) is 1.27. The van der Waals surface area contributed by atoms with Gasteiger partial charge in [0.25, 0.3) is 0 Å². The van der Waals surface area contributed by atoms with Gasteiger partial charge in [-0.3, -0.25) is 5.32 Å². The zero-order chi connectivity index (χ0) is 19.9. The number of anilines is 1. The number of hydrogen-bond donors (Lipinski definition) is 1. The van der Waals surface area contributed by atoms with Crippen molar-refractivity contribution in [3.05, 3.63) is 23.8 Å². The molecule has 0 saturated carbocycles. The van der Waals surface area contributed by atoms with E-state index >= 15 is 0 Å². The minimum absolute atomic E-state index is 0.257. The molecule has 1 N–H and O–H groups in total. The highest BCUT2D eigenvalue weighted by Crippen LogP contribution is 2.37. The first kappa shape index (κ1) is 20.8. The Balaban J connectivity index is 2.30. The first-order valence-corrected chi connectivity index (χ1v) is 9.21. The van der Waals surface area contributed by atoms with Gasteiger partial charge >= 0.3 is 13.2 Å². The molecule has 0 radical (unpaired) electrons. The number of ether oxygens (including phenoxy) is 1. The summed E-state index contributed by atoms with van der Waals surface area (Å²) in [6.07, 6.45) is -0.467. The highest BCUT2D eigenvalue weighted by Gasteiger charge is 2.51. The fraction of sp³-hybridized carbons (Fsp3) is 0.650. The number of carbonyl (C=O) groups excluding carboxylic acids is 1. The summed E-state index contributed by atoms with van der Waals surface area (Å²) in [6.45, 7) is 17.8. The van der Waals surface area contributed by atoms with Gasteiger partial charge in [-0.2, -0.15) is 0 Å². The van der Waals surface area contributed by atoms with Crippen LogP contribution >= 0.6 is 0 Å². The number of rotatable bonds is 3. The summed E-state index contributed by atoms with van der Waals surface area (Å²) < 4.78 is 17.6. The van der Waals surface area contributed by atoms with Gasteiger partial charge in [-0.15, -0.1) is 0 Å². The Morgan fingerprint density at radius 1 is 1.12 bits per heavy atom.